The van der Waals surface area contributed by atoms with Gasteiger partial charge in [-0.05, 0) is 17.7 Å². The third kappa shape index (κ3) is 5.50. The fraction of sp³-hybridized carbons (Fsp3) is 0.200. The Kier molecular flexibility index (Phi) is 6.82. The molecule has 0 bridgehead atoms. The zero-order valence-electron chi connectivity index (χ0n) is 15.0. The number of ketones is 1. The van der Waals surface area contributed by atoms with E-state index in [9.17, 15) is 19.2 Å². The second kappa shape index (κ2) is 9.28. The molecule has 2 amide bonds. The molecular weight excluding hydrogens is 348 g/mol. The number of nitrogens with one attached hydrogen (secondary N) is 2. The fourth-order valence-electron chi connectivity index (χ4n) is 2.51. The van der Waals surface area contributed by atoms with Crippen LogP contribution in [-0.4, -0.2) is 36.7 Å². The van der Waals surface area contributed by atoms with Crippen LogP contribution in [0.25, 0.3) is 0 Å². The van der Waals surface area contributed by atoms with Crippen LogP contribution in [0, 0.1) is 0 Å². The molecule has 0 fully saturated rings. The average molecular weight is 368 g/mol. The molecule has 0 heterocycles. The summed E-state index contributed by atoms with van der Waals surface area (Å²) < 4.78 is 4.73. The number of carbonyl (C=O) groups is 4. The Balaban J connectivity index is 2.18. The number of para-hydroxylation sites is 1. The van der Waals surface area contributed by atoms with Gasteiger partial charge in [0.05, 0.1) is 18.4 Å². The van der Waals surface area contributed by atoms with Crippen molar-refractivity contribution in [2.75, 3.05) is 12.4 Å². The highest BCUT2D eigenvalue weighted by molar-refractivity contribution is 6.44. The normalized spacial score (nSPS) is 11.2. The molecule has 7 nitrogen and oxygen atoms in total. The first-order chi connectivity index (χ1) is 12.9. The quantitative estimate of drug-likeness (QED) is 0.440. The van der Waals surface area contributed by atoms with Crippen LogP contribution in [0.3, 0.4) is 0 Å². The van der Waals surface area contributed by atoms with E-state index in [0.717, 1.165) is 5.56 Å². The zero-order valence-corrected chi connectivity index (χ0v) is 15.0. The highest BCUT2D eigenvalue weighted by Gasteiger charge is 2.27. The van der Waals surface area contributed by atoms with Crippen LogP contribution < -0.4 is 10.6 Å². The van der Waals surface area contributed by atoms with Crippen molar-refractivity contribution in [3.05, 3.63) is 65.7 Å². The smallest absolute Gasteiger partial charge is 0.328 e. The van der Waals surface area contributed by atoms with Crippen LogP contribution in [0.2, 0.25) is 0 Å². The standard InChI is InChI=1S/C20H20N2O5/c1-13(23)21-16-11-7-6-10-15(16)18(24)19(25)22-17(20(26)27-2)12-14-8-4-3-5-9-14/h3-11,17H,12H2,1-2H3,(H,21,23)(H,22,25)/t17-/m1/s1. The predicted octanol–water partition coefficient (Wildman–Crippen LogP) is 1.73. The third-order valence-electron chi connectivity index (χ3n) is 3.76. The summed E-state index contributed by atoms with van der Waals surface area (Å²) in [6.45, 7) is 1.30. The van der Waals surface area contributed by atoms with Crippen molar-refractivity contribution in [2.45, 2.75) is 19.4 Å². The van der Waals surface area contributed by atoms with Gasteiger partial charge < -0.3 is 15.4 Å². The highest BCUT2D eigenvalue weighted by Crippen LogP contribution is 2.16. The number of hydrogen-bond donors (Lipinski definition) is 2. The first-order valence-electron chi connectivity index (χ1n) is 8.26. The van der Waals surface area contributed by atoms with E-state index in [-0.39, 0.29) is 23.6 Å². The first-order valence-corrected chi connectivity index (χ1v) is 8.26. The second-order valence-electron chi connectivity index (χ2n) is 5.79. The summed E-state index contributed by atoms with van der Waals surface area (Å²) in [6.07, 6.45) is 0.180. The molecule has 7 heteroatoms. The van der Waals surface area contributed by atoms with Crippen molar-refractivity contribution in [1.29, 1.82) is 0 Å². The lowest BCUT2D eigenvalue weighted by atomic mass is 10.0. The molecule has 0 aliphatic heterocycles. The maximum atomic E-state index is 12.5. The molecule has 1 atom stereocenters. The summed E-state index contributed by atoms with van der Waals surface area (Å²) in [7, 11) is 1.21. The molecule has 27 heavy (non-hydrogen) atoms. The minimum absolute atomic E-state index is 0.0357. The molecule has 2 aromatic rings. The monoisotopic (exact) mass is 368 g/mol. The number of hydrogen-bond acceptors (Lipinski definition) is 5. The minimum Gasteiger partial charge on any atom is -0.467 e. The number of rotatable bonds is 7. The van der Waals surface area contributed by atoms with Crippen LogP contribution >= 0.6 is 0 Å². The van der Waals surface area contributed by atoms with E-state index in [4.69, 9.17) is 4.74 Å². The lowest BCUT2D eigenvalue weighted by Crippen LogP contribution is -2.46. The van der Waals surface area contributed by atoms with Crippen LogP contribution in [0.15, 0.2) is 54.6 Å². The highest BCUT2D eigenvalue weighted by atomic mass is 16.5. The van der Waals surface area contributed by atoms with E-state index >= 15 is 0 Å². The van der Waals surface area contributed by atoms with Gasteiger partial charge in [-0.1, -0.05) is 42.5 Å². The van der Waals surface area contributed by atoms with E-state index in [1.807, 2.05) is 6.07 Å². The molecule has 2 aromatic carbocycles. The Morgan fingerprint density at radius 2 is 1.59 bits per heavy atom. The van der Waals surface area contributed by atoms with E-state index in [1.165, 1.54) is 26.2 Å². The second-order valence-corrected chi connectivity index (χ2v) is 5.79. The number of ether oxygens (including phenoxy) is 1. The molecule has 0 aliphatic rings. The fourth-order valence-corrected chi connectivity index (χ4v) is 2.51. The van der Waals surface area contributed by atoms with Gasteiger partial charge in [-0.25, -0.2) is 4.79 Å². The summed E-state index contributed by atoms with van der Waals surface area (Å²) in [5, 5.41) is 4.92. The molecular formula is C20H20N2O5. The summed E-state index contributed by atoms with van der Waals surface area (Å²) in [5.74, 6) is -2.84. The summed E-state index contributed by atoms with van der Waals surface area (Å²) >= 11 is 0. The zero-order chi connectivity index (χ0) is 19.8. The Labute approximate surface area is 156 Å². The van der Waals surface area contributed by atoms with Gasteiger partial charge in [0.25, 0.3) is 11.7 Å². The number of esters is 1. The van der Waals surface area contributed by atoms with E-state index in [0.29, 0.717) is 0 Å². The summed E-state index contributed by atoms with van der Waals surface area (Å²) in [6, 6.07) is 14.2. The van der Waals surface area contributed by atoms with Crippen LogP contribution in [0.4, 0.5) is 5.69 Å². The van der Waals surface area contributed by atoms with Gasteiger partial charge in [-0.2, -0.15) is 0 Å². The maximum absolute atomic E-state index is 12.5. The van der Waals surface area contributed by atoms with Gasteiger partial charge in [0, 0.05) is 13.3 Å². The van der Waals surface area contributed by atoms with Gasteiger partial charge in [0.2, 0.25) is 5.91 Å². The van der Waals surface area contributed by atoms with Gasteiger partial charge in [-0.3, -0.25) is 14.4 Å². The molecule has 140 valence electrons. The number of benzene rings is 2. The van der Waals surface area contributed by atoms with E-state index in [1.54, 1.807) is 36.4 Å². The molecule has 0 unspecified atom stereocenters. The van der Waals surface area contributed by atoms with Crippen LogP contribution in [-0.2, 0) is 25.5 Å². The largest absolute Gasteiger partial charge is 0.467 e. The first kappa shape index (κ1) is 19.8. The number of Topliss-reactive ketones (excluding diaryl/α,β-unsaturated/α-hetero) is 1. The van der Waals surface area contributed by atoms with Gasteiger partial charge >= 0.3 is 5.97 Å². The Bertz CT molecular complexity index is 848. The molecule has 0 aliphatic carbocycles. The molecule has 0 radical (unpaired) electrons. The molecule has 0 saturated carbocycles. The Morgan fingerprint density at radius 1 is 0.963 bits per heavy atom. The molecule has 2 N–H and O–H groups in total. The predicted molar refractivity (Wildman–Crippen MR) is 99.2 cm³/mol. The van der Waals surface area contributed by atoms with Crippen molar-refractivity contribution in [2.24, 2.45) is 0 Å². The van der Waals surface area contributed by atoms with Crippen LogP contribution in [0.1, 0.15) is 22.8 Å². The number of methoxy groups -OCH3 is 1. The molecule has 0 saturated heterocycles. The lowest BCUT2D eigenvalue weighted by molar-refractivity contribution is -0.144. The van der Waals surface area contributed by atoms with Crippen molar-refractivity contribution in [3.63, 3.8) is 0 Å². The molecule has 0 spiro atoms. The molecule has 0 aromatic heterocycles. The average Bonchev–Trinajstić information content (AvgIpc) is 2.67. The van der Waals surface area contributed by atoms with Gasteiger partial charge in [0.15, 0.2) is 0 Å². The van der Waals surface area contributed by atoms with Crippen molar-refractivity contribution >= 4 is 29.3 Å². The third-order valence-corrected chi connectivity index (χ3v) is 3.76. The summed E-state index contributed by atoms with van der Waals surface area (Å²) in [4.78, 5) is 48.3. The van der Waals surface area contributed by atoms with Crippen molar-refractivity contribution in [3.8, 4) is 0 Å². The van der Waals surface area contributed by atoms with Crippen LogP contribution in [0.5, 0.6) is 0 Å². The van der Waals surface area contributed by atoms with Crippen molar-refractivity contribution < 1.29 is 23.9 Å². The Morgan fingerprint density at radius 3 is 2.22 bits per heavy atom. The number of amides is 2. The van der Waals surface area contributed by atoms with Crippen molar-refractivity contribution in [1.82, 2.24) is 5.32 Å². The number of carbonyl (C=O) groups excluding carboxylic acids is 4. The topological polar surface area (TPSA) is 102 Å². The van der Waals surface area contributed by atoms with Gasteiger partial charge in [0.1, 0.15) is 6.04 Å². The summed E-state index contributed by atoms with van der Waals surface area (Å²) in [5.41, 5.74) is 1.07. The lowest BCUT2D eigenvalue weighted by Gasteiger charge is -2.17. The number of anilines is 1. The minimum atomic E-state index is -1.01. The SMILES string of the molecule is COC(=O)[C@@H](Cc1ccccc1)NC(=O)C(=O)c1ccccc1NC(C)=O. The maximum Gasteiger partial charge on any atom is 0.328 e. The van der Waals surface area contributed by atoms with E-state index in [2.05, 4.69) is 10.6 Å². The molecule has 2 rings (SSSR count). The van der Waals surface area contributed by atoms with E-state index < -0.39 is 23.7 Å². The van der Waals surface area contributed by atoms with Gasteiger partial charge in [-0.15, -0.1) is 0 Å². The Hall–Kier alpha value is -3.48.